The van der Waals surface area contributed by atoms with Crippen molar-refractivity contribution in [2.45, 2.75) is 40.0 Å². The van der Waals surface area contributed by atoms with Gasteiger partial charge in [0.15, 0.2) is 11.7 Å². The molecule has 6 nitrogen and oxygen atoms in total. The normalized spacial score (nSPS) is 15.3. The van der Waals surface area contributed by atoms with Gasteiger partial charge in [0.1, 0.15) is 5.82 Å². The summed E-state index contributed by atoms with van der Waals surface area (Å²) in [5.74, 6) is -0.914. The van der Waals surface area contributed by atoms with Gasteiger partial charge in [0.05, 0.1) is 16.8 Å². The number of carbonyl (C=O) groups is 2. The second-order valence-electron chi connectivity index (χ2n) is 10.4. The Labute approximate surface area is 218 Å². The number of hydrogen-bond acceptors (Lipinski definition) is 6. The summed E-state index contributed by atoms with van der Waals surface area (Å²) in [6.07, 6.45) is 2.58. The molecule has 0 bridgehead atoms. The molecule has 2 aromatic heterocycles. The fraction of sp³-hybridized carbons (Fsp3) is 0.310. The van der Waals surface area contributed by atoms with Crippen LogP contribution in [0.4, 0.5) is 9.52 Å². The van der Waals surface area contributed by atoms with Gasteiger partial charge in [-0.2, -0.15) is 0 Å². The first-order valence-electron chi connectivity index (χ1n) is 12.3. The number of nitrogens with zero attached hydrogens (tertiary/aromatic N) is 2. The molecular formula is C29H28FN3O3S. The second kappa shape index (κ2) is 10.0. The number of amides is 1. The Morgan fingerprint density at radius 1 is 1.11 bits per heavy atom. The number of ether oxygens (including phenoxy) is 1. The molecular weight excluding hydrogens is 489 g/mol. The van der Waals surface area contributed by atoms with Crippen molar-refractivity contribution < 1.29 is 18.7 Å². The van der Waals surface area contributed by atoms with Crippen LogP contribution in [0.1, 0.15) is 48.8 Å². The summed E-state index contributed by atoms with van der Waals surface area (Å²) in [6.45, 7) is 6.23. The molecule has 37 heavy (non-hydrogen) atoms. The number of anilines is 1. The second-order valence-corrected chi connectivity index (χ2v) is 11.3. The number of esters is 1. The molecule has 8 heteroatoms. The Kier molecular flexibility index (Phi) is 6.77. The number of para-hydroxylation sites is 1. The molecule has 0 aliphatic heterocycles. The highest BCUT2D eigenvalue weighted by atomic mass is 32.1. The third kappa shape index (κ3) is 5.39. The lowest BCUT2D eigenvalue weighted by molar-refractivity contribution is -0.119. The van der Waals surface area contributed by atoms with E-state index in [4.69, 9.17) is 9.72 Å². The smallest absolute Gasteiger partial charge is 0.339 e. The lowest BCUT2D eigenvalue weighted by Gasteiger charge is -2.35. The maximum atomic E-state index is 13.4. The van der Waals surface area contributed by atoms with Crippen LogP contribution in [0.5, 0.6) is 0 Å². The Bertz CT molecular complexity index is 1470. The third-order valence-corrected chi connectivity index (χ3v) is 7.67. The predicted octanol–water partition coefficient (Wildman–Crippen LogP) is 6.44. The van der Waals surface area contributed by atoms with Crippen molar-refractivity contribution in [3.05, 3.63) is 76.5 Å². The van der Waals surface area contributed by atoms with Crippen molar-refractivity contribution in [3.8, 4) is 11.3 Å². The molecule has 2 heterocycles. The summed E-state index contributed by atoms with van der Waals surface area (Å²) in [5.41, 5.74) is 4.60. The average molecular weight is 518 g/mol. The lowest BCUT2D eigenvalue weighted by Crippen LogP contribution is -2.29. The van der Waals surface area contributed by atoms with Gasteiger partial charge < -0.3 is 4.74 Å². The van der Waals surface area contributed by atoms with Gasteiger partial charge in [-0.05, 0) is 66.5 Å². The molecule has 1 amide bonds. The van der Waals surface area contributed by atoms with E-state index in [1.165, 1.54) is 23.5 Å². The summed E-state index contributed by atoms with van der Waals surface area (Å²) in [5, 5.41) is 5.57. The number of fused-ring (bicyclic) bond motifs is 2. The highest BCUT2D eigenvalue weighted by molar-refractivity contribution is 7.14. The van der Waals surface area contributed by atoms with Gasteiger partial charge in [-0.3, -0.25) is 15.1 Å². The Morgan fingerprint density at radius 3 is 2.62 bits per heavy atom. The van der Waals surface area contributed by atoms with E-state index in [0.717, 1.165) is 47.0 Å². The molecule has 1 unspecified atom stereocenters. The van der Waals surface area contributed by atoms with E-state index in [-0.39, 0.29) is 11.2 Å². The van der Waals surface area contributed by atoms with Gasteiger partial charge in [0.2, 0.25) is 0 Å². The summed E-state index contributed by atoms with van der Waals surface area (Å²) < 4.78 is 18.7. The molecule has 0 saturated heterocycles. The summed E-state index contributed by atoms with van der Waals surface area (Å²) in [6, 6.07) is 13.5. The average Bonchev–Trinajstić information content (AvgIpc) is 3.33. The molecule has 0 saturated carbocycles. The van der Waals surface area contributed by atoms with Crippen LogP contribution in [0, 0.1) is 17.2 Å². The molecule has 5 rings (SSSR count). The van der Waals surface area contributed by atoms with Crippen molar-refractivity contribution in [2.75, 3.05) is 11.9 Å². The van der Waals surface area contributed by atoms with E-state index < -0.39 is 18.5 Å². The van der Waals surface area contributed by atoms with E-state index in [1.54, 1.807) is 17.5 Å². The van der Waals surface area contributed by atoms with Gasteiger partial charge in [0.25, 0.3) is 5.91 Å². The first kappa shape index (κ1) is 25.0. The van der Waals surface area contributed by atoms with Crippen molar-refractivity contribution in [1.29, 1.82) is 0 Å². The minimum Gasteiger partial charge on any atom is -0.452 e. The van der Waals surface area contributed by atoms with Gasteiger partial charge in [-0.15, -0.1) is 11.3 Å². The maximum absolute atomic E-state index is 13.4. The largest absolute Gasteiger partial charge is 0.452 e. The van der Waals surface area contributed by atoms with Crippen molar-refractivity contribution in [2.24, 2.45) is 11.3 Å². The van der Waals surface area contributed by atoms with Crippen LogP contribution in [-0.2, 0) is 22.4 Å². The molecule has 190 valence electrons. The van der Waals surface area contributed by atoms with Crippen molar-refractivity contribution in [3.63, 3.8) is 0 Å². The predicted molar refractivity (Wildman–Crippen MR) is 143 cm³/mol. The quantitative estimate of drug-likeness (QED) is 0.308. The molecule has 0 radical (unpaired) electrons. The maximum Gasteiger partial charge on any atom is 0.339 e. The zero-order valence-electron chi connectivity index (χ0n) is 21.0. The summed E-state index contributed by atoms with van der Waals surface area (Å²) in [7, 11) is 0. The number of aromatic nitrogens is 2. The van der Waals surface area contributed by atoms with Gasteiger partial charge in [-0.25, -0.2) is 14.2 Å². The number of hydrogen-bond donors (Lipinski definition) is 1. The Morgan fingerprint density at radius 2 is 1.86 bits per heavy atom. The number of thiazole rings is 1. The van der Waals surface area contributed by atoms with Crippen LogP contribution < -0.4 is 5.32 Å². The van der Waals surface area contributed by atoms with E-state index in [2.05, 4.69) is 31.1 Å². The summed E-state index contributed by atoms with van der Waals surface area (Å²) in [4.78, 5) is 35.2. The minimum absolute atomic E-state index is 0.102. The third-order valence-electron chi connectivity index (χ3n) is 6.91. The monoisotopic (exact) mass is 517 g/mol. The van der Waals surface area contributed by atoms with Crippen LogP contribution in [0.3, 0.4) is 0 Å². The van der Waals surface area contributed by atoms with E-state index in [9.17, 15) is 14.0 Å². The summed E-state index contributed by atoms with van der Waals surface area (Å²) >= 11 is 1.24. The zero-order valence-corrected chi connectivity index (χ0v) is 21.8. The Balaban J connectivity index is 1.32. The molecule has 1 N–H and O–H groups in total. The fourth-order valence-electron chi connectivity index (χ4n) is 4.80. The van der Waals surface area contributed by atoms with Crippen LogP contribution in [0.2, 0.25) is 0 Å². The molecule has 1 aliphatic rings. The topological polar surface area (TPSA) is 81.2 Å². The van der Waals surface area contributed by atoms with Crippen LogP contribution in [-0.4, -0.2) is 28.5 Å². The van der Waals surface area contributed by atoms with Crippen molar-refractivity contribution in [1.82, 2.24) is 9.97 Å². The highest BCUT2D eigenvalue weighted by Gasteiger charge is 2.33. The lowest BCUT2D eigenvalue weighted by atomic mass is 9.70. The van der Waals surface area contributed by atoms with Gasteiger partial charge in [0, 0.05) is 22.0 Å². The number of nitrogens with one attached hydrogen (secondary N) is 1. The molecule has 0 spiro atoms. The molecule has 0 fully saturated rings. The molecule has 1 atom stereocenters. The Hall–Kier alpha value is -3.65. The van der Waals surface area contributed by atoms with E-state index in [1.807, 2.05) is 24.3 Å². The zero-order chi connectivity index (χ0) is 26.2. The van der Waals surface area contributed by atoms with Crippen LogP contribution in [0.25, 0.3) is 22.2 Å². The number of pyridine rings is 1. The van der Waals surface area contributed by atoms with Crippen LogP contribution in [0.15, 0.2) is 53.9 Å². The van der Waals surface area contributed by atoms with Crippen LogP contribution >= 0.6 is 11.3 Å². The first-order chi connectivity index (χ1) is 17.7. The highest BCUT2D eigenvalue weighted by Crippen LogP contribution is 2.39. The fourth-order valence-corrected chi connectivity index (χ4v) is 5.54. The van der Waals surface area contributed by atoms with Gasteiger partial charge >= 0.3 is 5.97 Å². The number of carbonyl (C=O) groups excluding carboxylic acids is 2. The first-order valence-corrected chi connectivity index (χ1v) is 13.2. The molecule has 4 aromatic rings. The number of rotatable bonds is 5. The number of aryl methyl sites for hydroxylation is 1. The number of halogens is 1. The van der Waals surface area contributed by atoms with E-state index in [0.29, 0.717) is 22.3 Å². The molecule has 2 aromatic carbocycles. The standard InChI is InChI=1S/C29H28FN3O3S/c1-29(2,3)18-10-13-23-21(14-18)26(20-6-4-5-7-22(20)31-23)27(35)36-15-25(34)33-28-32-24(16-37-28)17-8-11-19(30)12-9-17/h4-9,11-12,16,18H,10,13-15H2,1-3H3,(H,32,33,34). The molecule has 1 aliphatic carbocycles. The van der Waals surface area contributed by atoms with E-state index >= 15 is 0 Å². The van der Waals surface area contributed by atoms with Crippen molar-refractivity contribution >= 4 is 39.2 Å². The minimum atomic E-state index is -0.523. The SMILES string of the molecule is CC(C)(C)C1CCc2nc3ccccc3c(C(=O)OCC(=O)Nc3nc(-c4ccc(F)cc4)cs3)c2C1. The number of benzene rings is 2. The van der Waals surface area contributed by atoms with Gasteiger partial charge in [-0.1, -0.05) is 39.0 Å².